The zero-order chi connectivity index (χ0) is 18.7. The van der Waals surface area contributed by atoms with E-state index in [-0.39, 0.29) is 17.9 Å². The summed E-state index contributed by atoms with van der Waals surface area (Å²) in [5.74, 6) is 0.162. The van der Waals surface area contributed by atoms with Crippen molar-refractivity contribution in [2.45, 2.75) is 33.2 Å². The number of carbonyl (C=O) groups excluding carboxylic acids is 2. The second-order valence-corrected chi connectivity index (χ2v) is 6.72. The van der Waals surface area contributed by atoms with Crippen LogP contribution >= 0.6 is 0 Å². The second kappa shape index (κ2) is 7.56. The van der Waals surface area contributed by atoms with Crippen LogP contribution in [0.5, 0.6) is 5.75 Å². The summed E-state index contributed by atoms with van der Waals surface area (Å²) in [7, 11) is 0. The molecule has 4 nitrogen and oxygen atoms in total. The molecule has 1 N–H and O–H groups in total. The van der Waals surface area contributed by atoms with Crippen molar-refractivity contribution in [3.8, 4) is 5.75 Å². The van der Waals surface area contributed by atoms with Crippen LogP contribution in [0.1, 0.15) is 41.8 Å². The van der Waals surface area contributed by atoms with Gasteiger partial charge in [0.1, 0.15) is 5.75 Å². The predicted molar refractivity (Wildman–Crippen MR) is 102 cm³/mol. The van der Waals surface area contributed by atoms with Gasteiger partial charge in [-0.2, -0.15) is 0 Å². The number of rotatable bonds is 4. The van der Waals surface area contributed by atoms with Gasteiger partial charge < -0.3 is 10.1 Å². The van der Waals surface area contributed by atoms with Crippen molar-refractivity contribution < 1.29 is 14.3 Å². The third-order valence-electron chi connectivity index (χ3n) is 4.83. The van der Waals surface area contributed by atoms with Gasteiger partial charge in [-0.05, 0) is 42.2 Å². The summed E-state index contributed by atoms with van der Waals surface area (Å²) in [6, 6.07) is 14.5. The molecule has 0 spiro atoms. The average molecular weight is 349 g/mol. The van der Waals surface area contributed by atoms with Crippen LogP contribution in [0.2, 0.25) is 0 Å². The monoisotopic (exact) mass is 349 g/mol. The quantitative estimate of drug-likeness (QED) is 0.513. The molecule has 4 heteroatoms. The summed E-state index contributed by atoms with van der Waals surface area (Å²) < 4.78 is 5.45. The number of carbonyl (C=O) groups is 2. The van der Waals surface area contributed by atoms with Gasteiger partial charge in [-0.3, -0.25) is 4.79 Å². The van der Waals surface area contributed by atoms with Gasteiger partial charge in [0.2, 0.25) is 0 Å². The van der Waals surface area contributed by atoms with Gasteiger partial charge >= 0.3 is 5.97 Å². The van der Waals surface area contributed by atoms with Gasteiger partial charge in [0.15, 0.2) is 0 Å². The summed E-state index contributed by atoms with van der Waals surface area (Å²) in [4.78, 5) is 24.9. The zero-order valence-electron chi connectivity index (χ0n) is 15.3. The fraction of sp³-hybridized carbons (Fsp3) is 0.273. The third kappa shape index (κ3) is 3.69. The van der Waals surface area contributed by atoms with Crippen molar-refractivity contribution in [1.29, 1.82) is 0 Å². The zero-order valence-corrected chi connectivity index (χ0v) is 15.3. The van der Waals surface area contributed by atoms with E-state index in [2.05, 4.69) is 19.2 Å². The Morgan fingerprint density at radius 1 is 1.15 bits per heavy atom. The third-order valence-corrected chi connectivity index (χ3v) is 4.83. The first-order chi connectivity index (χ1) is 12.5. The normalized spacial score (nSPS) is 18.8. The smallest absolute Gasteiger partial charge is 0.336 e. The maximum atomic E-state index is 12.5. The van der Waals surface area contributed by atoms with E-state index < -0.39 is 5.97 Å². The molecule has 2 aromatic carbocycles. The lowest BCUT2D eigenvalue weighted by Gasteiger charge is -2.32. The number of ether oxygens (including phenoxy) is 1. The molecule has 2 unspecified atom stereocenters. The Bertz CT molecular complexity index is 852. The number of hydrogen-bond donors (Lipinski definition) is 1. The van der Waals surface area contributed by atoms with Gasteiger partial charge in [0.25, 0.3) is 5.91 Å². The van der Waals surface area contributed by atoms with E-state index in [1.54, 1.807) is 18.2 Å². The summed E-state index contributed by atoms with van der Waals surface area (Å²) in [6.45, 7) is 6.11. The molecule has 3 rings (SSSR count). The van der Waals surface area contributed by atoms with Gasteiger partial charge in [0, 0.05) is 11.6 Å². The van der Waals surface area contributed by atoms with Crippen molar-refractivity contribution >= 4 is 17.4 Å². The molecule has 0 aromatic heterocycles. The van der Waals surface area contributed by atoms with Gasteiger partial charge in [-0.1, -0.05) is 56.2 Å². The van der Waals surface area contributed by atoms with Gasteiger partial charge in [-0.15, -0.1) is 0 Å². The van der Waals surface area contributed by atoms with Crippen LogP contribution in [0.25, 0.3) is 5.57 Å². The topological polar surface area (TPSA) is 55.4 Å². The van der Waals surface area contributed by atoms with Crippen LogP contribution < -0.4 is 10.1 Å². The molecule has 0 radical (unpaired) electrons. The summed E-state index contributed by atoms with van der Waals surface area (Å²) >= 11 is 0. The highest BCUT2D eigenvalue weighted by atomic mass is 16.5. The first-order valence-electron chi connectivity index (χ1n) is 8.90. The van der Waals surface area contributed by atoms with Gasteiger partial charge in [0.05, 0.1) is 6.04 Å². The molecule has 1 heterocycles. The van der Waals surface area contributed by atoms with Crippen LogP contribution in [0.3, 0.4) is 0 Å². The fourth-order valence-corrected chi connectivity index (χ4v) is 3.13. The van der Waals surface area contributed by atoms with Crippen molar-refractivity contribution in [3.63, 3.8) is 0 Å². The van der Waals surface area contributed by atoms with Crippen molar-refractivity contribution in [3.05, 3.63) is 71.3 Å². The number of benzene rings is 2. The molecular formula is C22H23NO3. The van der Waals surface area contributed by atoms with E-state index in [4.69, 9.17) is 4.74 Å². The summed E-state index contributed by atoms with van der Waals surface area (Å²) in [5.41, 5.74) is 3.28. The Labute approximate surface area is 153 Å². The number of amides is 1. The molecule has 134 valence electrons. The molecule has 0 saturated carbocycles. The molecular weight excluding hydrogens is 326 g/mol. The minimum Gasteiger partial charge on any atom is -0.423 e. The van der Waals surface area contributed by atoms with E-state index in [0.29, 0.717) is 11.3 Å². The largest absolute Gasteiger partial charge is 0.423 e. The SMILES string of the molecule is CCC(C)C1NC(=O)c2ccccc2/C1=C\C(=O)Oc1ccc(C)cc1. The Morgan fingerprint density at radius 2 is 1.81 bits per heavy atom. The number of hydrogen-bond acceptors (Lipinski definition) is 3. The highest BCUT2D eigenvalue weighted by Gasteiger charge is 2.32. The Kier molecular flexibility index (Phi) is 5.21. The highest BCUT2D eigenvalue weighted by Crippen LogP contribution is 2.31. The minimum atomic E-state index is -0.442. The number of nitrogens with one attached hydrogen (secondary N) is 1. The second-order valence-electron chi connectivity index (χ2n) is 6.72. The fourth-order valence-electron chi connectivity index (χ4n) is 3.13. The van der Waals surface area contributed by atoms with E-state index in [9.17, 15) is 9.59 Å². The van der Waals surface area contributed by atoms with E-state index >= 15 is 0 Å². The average Bonchev–Trinajstić information content (AvgIpc) is 2.65. The molecule has 1 amide bonds. The standard InChI is InChI=1S/C22H23NO3/c1-4-15(3)21-19(17-7-5-6-8-18(17)22(25)23-21)13-20(24)26-16-11-9-14(2)10-12-16/h5-13,15,21H,4H2,1-3H3,(H,23,25)/b19-13+. The maximum absolute atomic E-state index is 12.5. The van der Waals surface area contributed by atoms with Crippen LogP contribution in [-0.4, -0.2) is 17.9 Å². The van der Waals surface area contributed by atoms with Crippen molar-refractivity contribution in [2.24, 2.45) is 5.92 Å². The van der Waals surface area contributed by atoms with Crippen LogP contribution in [0.4, 0.5) is 0 Å². The van der Waals surface area contributed by atoms with Crippen molar-refractivity contribution in [2.75, 3.05) is 0 Å². The van der Waals surface area contributed by atoms with Crippen LogP contribution in [-0.2, 0) is 4.79 Å². The minimum absolute atomic E-state index is 0.102. The molecule has 0 bridgehead atoms. The molecule has 2 atom stereocenters. The molecule has 0 fully saturated rings. The molecule has 1 aliphatic rings. The summed E-state index contributed by atoms with van der Waals surface area (Å²) in [6.07, 6.45) is 2.40. The lowest BCUT2D eigenvalue weighted by Crippen LogP contribution is -2.44. The first-order valence-corrected chi connectivity index (χ1v) is 8.90. The van der Waals surface area contributed by atoms with Crippen molar-refractivity contribution in [1.82, 2.24) is 5.32 Å². The van der Waals surface area contributed by atoms with E-state index in [0.717, 1.165) is 23.1 Å². The summed E-state index contributed by atoms with van der Waals surface area (Å²) in [5, 5.41) is 3.04. The Hall–Kier alpha value is -2.88. The predicted octanol–water partition coefficient (Wildman–Crippen LogP) is 4.14. The Morgan fingerprint density at radius 3 is 2.46 bits per heavy atom. The van der Waals surface area contributed by atoms with Crippen LogP contribution in [0, 0.1) is 12.8 Å². The highest BCUT2D eigenvalue weighted by molar-refractivity contribution is 6.06. The number of fused-ring (bicyclic) bond motifs is 1. The van der Waals surface area contributed by atoms with E-state index in [1.807, 2.05) is 37.3 Å². The van der Waals surface area contributed by atoms with Gasteiger partial charge in [-0.25, -0.2) is 4.79 Å². The lowest BCUT2D eigenvalue weighted by atomic mass is 9.82. The molecule has 2 aromatic rings. The molecule has 0 saturated heterocycles. The number of aryl methyl sites for hydroxylation is 1. The first kappa shape index (κ1) is 17.9. The number of esters is 1. The molecule has 0 aliphatic carbocycles. The Balaban J connectivity index is 1.96. The van der Waals surface area contributed by atoms with E-state index in [1.165, 1.54) is 6.08 Å². The molecule has 26 heavy (non-hydrogen) atoms. The van der Waals surface area contributed by atoms with Crippen LogP contribution in [0.15, 0.2) is 54.6 Å². The molecule has 1 aliphatic heterocycles. The lowest BCUT2D eigenvalue weighted by molar-refractivity contribution is -0.128. The maximum Gasteiger partial charge on any atom is 0.336 e.